The molecular weight excluding hydrogens is 505 g/mol. The first-order valence-electron chi connectivity index (χ1n) is 9.23. The molecule has 10 heteroatoms. The van der Waals surface area contributed by atoms with Crippen molar-refractivity contribution in [3.63, 3.8) is 0 Å². The van der Waals surface area contributed by atoms with Crippen LogP contribution in [0.4, 0.5) is 0 Å². The van der Waals surface area contributed by atoms with Crippen LogP contribution in [-0.4, -0.2) is 44.5 Å². The van der Waals surface area contributed by atoms with Gasteiger partial charge in [0.25, 0.3) is 0 Å². The summed E-state index contributed by atoms with van der Waals surface area (Å²) in [6.45, 7) is 7.74. The second-order valence-corrected chi connectivity index (χ2v) is 9.00. The molecule has 8 nitrogen and oxygen atoms in total. The summed E-state index contributed by atoms with van der Waals surface area (Å²) in [6, 6.07) is 8.68. The van der Waals surface area contributed by atoms with Gasteiger partial charge in [-0.15, -0.1) is 24.0 Å². The standard InChI is InChI=1S/C19H29N5O3S.HI/c1-6-20-19(22-13-16-11-18(14(2)3)23-27-16)21-12-15-7-9-17(10-8-15)28(25,26)24(4)5;/h7-11,14H,6,12-13H2,1-5H3,(H2,20,21,22);1H. The number of halogens is 1. The average molecular weight is 535 g/mol. The van der Waals surface area contributed by atoms with Crippen LogP contribution >= 0.6 is 24.0 Å². The third kappa shape index (κ3) is 7.27. The van der Waals surface area contributed by atoms with Gasteiger partial charge < -0.3 is 15.2 Å². The topological polar surface area (TPSA) is 99.8 Å². The molecule has 2 N–H and O–H groups in total. The summed E-state index contributed by atoms with van der Waals surface area (Å²) in [5.74, 6) is 1.71. The minimum Gasteiger partial charge on any atom is -0.359 e. The Hall–Kier alpha value is -1.66. The van der Waals surface area contributed by atoms with Crippen molar-refractivity contribution < 1.29 is 12.9 Å². The summed E-state index contributed by atoms with van der Waals surface area (Å²) >= 11 is 0. The van der Waals surface area contributed by atoms with Gasteiger partial charge in [-0.3, -0.25) is 0 Å². The lowest BCUT2D eigenvalue weighted by atomic mass is 10.1. The van der Waals surface area contributed by atoms with Crippen molar-refractivity contribution in [3.05, 3.63) is 47.3 Å². The molecular formula is C19H30IN5O3S. The third-order valence-corrected chi connectivity index (χ3v) is 5.89. The van der Waals surface area contributed by atoms with Gasteiger partial charge in [-0.1, -0.05) is 31.1 Å². The number of guanidine groups is 1. The number of nitrogens with zero attached hydrogens (tertiary/aromatic N) is 3. The number of hydrogen-bond donors (Lipinski definition) is 2. The Bertz CT molecular complexity index is 893. The molecule has 0 radical (unpaired) electrons. The predicted molar refractivity (Wildman–Crippen MR) is 125 cm³/mol. The molecule has 0 amide bonds. The fourth-order valence-corrected chi connectivity index (χ4v) is 3.25. The molecule has 0 bridgehead atoms. The lowest BCUT2D eigenvalue weighted by Crippen LogP contribution is -2.36. The highest BCUT2D eigenvalue weighted by molar-refractivity contribution is 14.0. The van der Waals surface area contributed by atoms with Crippen molar-refractivity contribution in [1.82, 2.24) is 20.1 Å². The monoisotopic (exact) mass is 535 g/mol. The molecule has 0 aliphatic heterocycles. The summed E-state index contributed by atoms with van der Waals surface area (Å²) in [5.41, 5.74) is 1.84. The zero-order chi connectivity index (χ0) is 20.7. The summed E-state index contributed by atoms with van der Waals surface area (Å²) < 4.78 is 30.8. The fraction of sp³-hybridized carbons (Fsp3) is 0.474. The molecule has 162 valence electrons. The van der Waals surface area contributed by atoms with E-state index < -0.39 is 10.0 Å². The largest absolute Gasteiger partial charge is 0.359 e. The van der Waals surface area contributed by atoms with Crippen LogP contribution in [0.5, 0.6) is 0 Å². The number of rotatable bonds is 8. The molecule has 0 saturated carbocycles. The average Bonchev–Trinajstić information content (AvgIpc) is 3.13. The van der Waals surface area contributed by atoms with Gasteiger partial charge in [0.15, 0.2) is 11.7 Å². The summed E-state index contributed by atoms with van der Waals surface area (Å²) in [7, 11) is -0.392. The lowest BCUT2D eigenvalue weighted by molar-refractivity contribution is 0.372. The van der Waals surface area contributed by atoms with Gasteiger partial charge in [0.2, 0.25) is 10.0 Å². The fourth-order valence-electron chi connectivity index (χ4n) is 2.34. The van der Waals surface area contributed by atoms with Crippen molar-refractivity contribution in [2.45, 2.75) is 44.7 Å². The number of aliphatic imine (C=N–C) groups is 1. The van der Waals surface area contributed by atoms with Crippen molar-refractivity contribution in [2.75, 3.05) is 20.6 Å². The lowest BCUT2D eigenvalue weighted by Gasteiger charge is -2.12. The smallest absolute Gasteiger partial charge is 0.242 e. The second-order valence-electron chi connectivity index (χ2n) is 6.85. The second kappa shape index (κ2) is 11.5. The number of aromatic nitrogens is 1. The number of nitrogens with one attached hydrogen (secondary N) is 2. The van der Waals surface area contributed by atoms with Crippen molar-refractivity contribution in [3.8, 4) is 0 Å². The van der Waals surface area contributed by atoms with Crippen LogP contribution < -0.4 is 10.6 Å². The van der Waals surface area contributed by atoms with E-state index in [2.05, 4.69) is 34.6 Å². The van der Waals surface area contributed by atoms with Gasteiger partial charge in [-0.05, 0) is 30.5 Å². The molecule has 0 saturated heterocycles. The normalized spacial score (nSPS) is 12.2. The highest BCUT2D eigenvalue weighted by Crippen LogP contribution is 2.15. The van der Waals surface area contributed by atoms with E-state index in [-0.39, 0.29) is 28.9 Å². The highest BCUT2D eigenvalue weighted by atomic mass is 127. The van der Waals surface area contributed by atoms with Crippen LogP contribution in [0.1, 0.15) is 43.7 Å². The first-order valence-corrected chi connectivity index (χ1v) is 10.7. The minimum absolute atomic E-state index is 0. The molecule has 0 atom stereocenters. The van der Waals surface area contributed by atoms with Crippen LogP contribution in [-0.2, 0) is 23.1 Å². The van der Waals surface area contributed by atoms with Gasteiger partial charge in [0.05, 0.1) is 23.7 Å². The van der Waals surface area contributed by atoms with Crippen molar-refractivity contribution in [1.29, 1.82) is 0 Å². The number of sulfonamides is 1. The molecule has 0 spiro atoms. The zero-order valence-electron chi connectivity index (χ0n) is 17.5. The molecule has 2 aromatic rings. The van der Waals surface area contributed by atoms with Crippen molar-refractivity contribution in [2.24, 2.45) is 4.99 Å². The maximum Gasteiger partial charge on any atom is 0.242 e. The van der Waals surface area contributed by atoms with Gasteiger partial charge in [0.1, 0.15) is 0 Å². The first-order chi connectivity index (χ1) is 13.2. The summed E-state index contributed by atoms with van der Waals surface area (Å²) in [5, 5.41) is 10.4. The molecule has 1 aromatic carbocycles. The summed E-state index contributed by atoms with van der Waals surface area (Å²) in [6.07, 6.45) is 0. The van der Waals surface area contributed by atoms with E-state index in [9.17, 15) is 8.42 Å². The summed E-state index contributed by atoms with van der Waals surface area (Å²) in [4.78, 5) is 4.81. The Morgan fingerprint density at radius 1 is 1.21 bits per heavy atom. The Balaban J connectivity index is 0.00000420. The zero-order valence-corrected chi connectivity index (χ0v) is 20.6. The molecule has 0 aliphatic carbocycles. The number of hydrogen-bond acceptors (Lipinski definition) is 5. The van der Waals surface area contributed by atoms with E-state index in [0.29, 0.717) is 25.0 Å². The van der Waals surface area contributed by atoms with E-state index in [0.717, 1.165) is 23.6 Å². The minimum atomic E-state index is -3.42. The van der Waals surface area contributed by atoms with Crippen LogP contribution in [0, 0.1) is 0 Å². The molecule has 0 fully saturated rings. The Morgan fingerprint density at radius 2 is 1.86 bits per heavy atom. The quantitative estimate of drug-likeness (QED) is 0.307. The van der Waals surface area contributed by atoms with Crippen LogP contribution in [0.3, 0.4) is 0 Å². The van der Waals surface area contributed by atoms with Crippen LogP contribution in [0.2, 0.25) is 0 Å². The molecule has 2 rings (SSSR count). The van der Waals surface area contributed by atoms with Gasteiger partial charge in [-0.25, -0.2) is 17.7 Å². The van der Waals surface area contributed by atoms with E-state index in [4.69, 9.17) is 4.52 Å². The molecule has 1 heterocycles. The number of benzene rings is 1. The van der Waals surface area contributed by atoms with Gasteiger partial charge >= 0.3 is 0 Å². The molecule has 1 aromatic heterocycles. The van der Waals surface area contributed by atoms with E-state index in [1.165, 1.54) is 18.4 Å². The van der Waals surface area contributed by atoms with E-state index in [1.807, 2.05) is 13.0 Å². The third-order valence-electron chi connectivity index (χ3n) is 4.06. The van der Waals surface area contributed by atoms with Crippen LogP contribution in [0.25, 0.3) is 0 Å². The molecule has 0 unspecified atom stereocenters. The highest BCUT2D eigenvalue weighted by Gasteiger charge is 2.16. The van der Waals surface area contributed by atoms with Crippen molar-refractivity contribution >= 4 is 40.0 Å². The van der Waals surface area contributed by atoms with E-state index in [1.54, 1.807) is 24.3 Å². The Morgan fingerprint density at radius 3 is 2.38 bits per heavy atom. The molecule has 29 heavy (non-hydrogen) atoms. The van der Waals surface area contributed by atoms with Gasteiger partial charge in [0, 0.05) is 26.7 Å². The van der Waals surface area contributed by atoms with Gasteiger partial charge in [-0.2, -0.15) is 0 Å². The Labute approximate surface area is 190 Å². The predicted octanol–water partition coefficient (Wildman–Crippen LogP) is 2.92. The van der Waals surface area contributed by atoms with E-state index >= 15 is 0 Å². The Kier molecular flexibility index (Phi) is 10.1. The maximum absolute atomic E-state index is 12.1. The maximum atomic E-state index is 12.1. The first kappa shape index (κ1) is 25.4. The molecule has 0 aliphatic rings. The van der Waals surface area contributed by atoms with Crippen LogP contribution in [0.15, 0.2) is 44.7 Å². The SMILES string of the molecule is CCNC(=NCc1ccc(S(=O)(=O)N(C)C)cc1)NCc1cc(C(C)C)no1.I.